The molecule has 0 spiro atoms. The fourth-order valence-electron chi connectivity index (χ4n) is 2.06. The van der Waals surface area contributed by atoms with Gasteiger partial charge in [0.25, 0.3) is 0 Å². The highest BCUT2D eigenvalue weighted by molar-refractivity contribution is 5.80. The van der Waals surface area contributed by atoms with Gasteiger partial charge < -0.3 is 4.90 Å². The van der Waals surface area contributed by atoms with E-state index in [2.05, 4.69) is 25.7 Å². The van der Waals surface area contributed by atoms with Gasteiger partial charge >= 0.3 is 0 Å². The van der Waals surface area contributed by atoms with Crippen LogP contribution in [0.4, 0.5) is 0 Å². The van der Waals surface area contributed by atoms with Crippen molar-refractivity contribution >= 4 is 5.84 Å². The number of amidine groups is 1. The Labute approximate surface area is 81.8 Å². The molecular formula is C11H22N2. The van der Waals surface area contributed by atoms with Crippen LogP contribution in [0.2, 0.25) is 0 Å². The first-order valence-electron chi connectivity index (χ1n) is 5.49. The van der Waals surface area contributed by atoms with Crippen LogP contribution in [0, 0.1) is 5.41 Å². The molecule has 1 heterocycles. The van der Waals surface area contributed by atoms with Crippen molar-refractivity contribution in [3.05, 3.63) is 0 Å². The highest BCUT2D eigenvalue weighted by atomic mass is 15.2. The zero-order valence-electron chi connectivity index (χ0n) is 9.19. The number of piperidine rings is 1. The molecule has 2 heteroatoms. The Morgan fingerprint density at radius 1 is 1.31 bits per heavy atom. The minimum atomic E-state index is 0.234. The normalized spacial score (nSPS) is 19.3. The van der Waals surface area contributed by atoms with E-state index >= 15 is 0 Å². The lowest BCUT2D eigenvalue weighted by molar-refractivity contribution is 0.161. The number of hydrogen-bond donors (Lipinski definition) is 1. The third-order valence-electron chi connectivity index (χ3n) is 3.55. The first kappa shape index (κ1) is 10.6. The van der Waals surface area contributed by atoms with Gasteiger partial charge in [0, 0.05) is 18.5 Å². The maximum atomic E-state index is 7.93. The minimum absolute atomic E-state index is 0.234. The Hall–Kier alpha value is -0.530. The average Bonchev–Trinajstić information content (AvgIpc) is 2.17. The maximum Gasteiger partial charge on any atom is 0.0962 e. The molecule has 0 radical (unpaired) electrons. The van der Waals surface area contributed by atoms with Crippen molar-refractivity contribution in [1.82, 2.24) is 4.90 Å². The molecule has 76 valence electrons. The Morgan fingerprint density at radius 3 is 2.38 bits per heavy atom. The summed E-state index contributed by atoms with van der Waals surface area (Å²) in [5, 5.41) is 7.93. The van der Waals surface area contributed by atoms with E-state index in [1.54, 1.807) is 0 Å². The number of nitrogens with one attached hydrogen (secondary N) is 1. The summed E-state index contributed by atoms with van der Waals surface area (Å²) in [6, 6.07) is 0. The van der Waals surface area contributed by atoms with Crippen LogP contribution < -0.4 is 0 Å². The van der Waals surface area contributed by atoms with E-state index in [0.717, 1.165) is 31.6 Å². The second-order valence-electron chi connectivity index (χ2n) is 4.26. The number of rotatable bonds is 3. The van der Waals surface area contributed by atoms with Gasteiger partial charge in [-0.05, 0) is 32.6 Å². The zero-order chi connectivity index (χ0) is 9.90. The van der Waals surface area contributed by atoms with Crippen molar-refractivity contribution in [2.75, 3.05) is 6.54 Å². The summed E-state index contributed by atoms with van der Waals surface area (Å²) >= 11 is 0. The lowest BCUT2D eigenvalue weighted by Gasteiger charge is -2.44. The summed E-state index contributed by atoms with van der Waals surface area (Å²) in [5.74, 6) is 0.859. The van der Waals surface area contributed by atoms with Crippen molar-refractivity contribution in [2.45, 2.75) is 58.4 Å². The molecule has 0 aliphatic carbocycles. The van der Waals surface area contributed by atoms with Gasteiger partial charge in [-0.15, -0.1) is 0 Å². The third kappa shape index (κ3) is 2.04. The number of hydrogen-bond acceptors (Lipinski definition) is 1. The molecular weight excluding hydrogens is 160 g/mol. The van der Waals surface area contributed by atoms with Gasteiger partial charge in [-0.25, -0.2) is 0 Å². The molecule has 1 fully saturated rings. The SMILES string of the molecule is CCC(C)(CC)N1CCCCC1=N. The number of likely N-dealkylation sites (tertiary alicyclic amines) is 1. The molecule has 0 bridgehead atoms. The van der Waals surface area contributed by atoms with Gasteiger partial charge in [0.2, 0.25) is 0 Å². The highest BCUT2D eigenvalue weighted by Gasteiger charge is 2.31. The van der Waals surface area contributed by atoms with Crippen LogP contribution in [0.5, 0.6) is 0 Å². The monoisotopic (exact) mass is 182 g/mol. The molecule has 0 atom stereocenters. The molecule has 1 N–H and O–H groups in total. The van der Waals surface area contributed by atoms with Crippen molar-refractivity contribution in [1.29, 1.82) is 5.41 Å². The Balaban J connectivity index is 2.71. The molecule has 0 unspecified atom stereocenters. The molecule has 0 aromatic heterocycles. The van der Waals surface area contributed by atoms with Crippen LogP contribution in [0.1, 0.15) is 52.9 Å². The van der Waals surface area contributed by atoms with Crippen LogP contribution in [0.15, 0.2) is 0 Å². The molecule has 1 saturated heterocycles. The van der Waals surface area contributed by atoms with Crippen LogP contribution in [0.3, 0.4) is 0 Å². The first-order valence-corrected chi connectivity index (χ1v) is 5.49. The summed E-state index contributed by atoms with van der Waals surface area (Å²) in [7, 11) is 0. The predicted octanol–water partition coefficient (Wildman–Crippen LogP) is 3.03. The number of nitrogens with zero attached hydrogens (tertiary/aromatic N) is 1. The van der Waals surface area contributed by atoms with E-state index in [0.29, 0.717) is 0 Å². The Morgan fingerprint density at radius 2 is 1.92 bits per heavy atom. The third-order valence-corrected chi connectivity index (χ3v) is 3.55. The Bertz CT molecular complexity index is 183. The molecule has 0 aromatic carbocycles. The van der Waals surface area contributed by atoms with Gasteiger partial charge in [0.05, 0.1) is 5.84 Å². The molecule has 1 rings (SSSR count). The summed E-state index contributed by atoms with van der Waals surface area (Å²) in [6.07, 6.45) is 5.74. The fraction of sp³-hybridized carbons (Fsp3) is 0.909. The molecule has 1 aliphatic rings. The van der Waals surface area contributed by atoms with Crippen LogP contribution in [-0.4, -0.2) is 22.8 Å². The molecule has 1 aliphatic heterocycles. The zero-order valence-corrected chi connectivity index (χ0v) is 9.19. The molecule has 0 aromatic rings. The standard InChI is InChI=1S/C11H22N2/c1-4-11(3,5-2)13-9-7-6-8-10(13)12/h12H,4-9H2,1-3H3. The minimum Gasteiger partial charge on any atom is -0.355 e. The summed E-state index contributed by atoms with van der Waals surface area (Å²) in [4.78, 5) is 2.32. The molecule has 2 nitrogen and oxygen atoms in total. The van der Waals surface area contributed by atoms with E-state index in [9.17, 15) is 0 Å². The average molecular weight is 182 g/mol. The van der Waals surface area contributed by atoms with Gasteiger partial charge in [-0.3, -0.25) is 5.41 Å². The van der Waals surface area contributed by atoms with Crippen molar-refractivity contribution in [3.63, 3.8) is 0 Å². The molecule has 13 heavy (non-hydrogen) atoms. The second kappa shape index (κ2) is 4.12. The largest absolute Gasteiger partial charge is 0.355 e. The lowest BCUT2D eigenvalue weighted by atomic mass is 9.90. The first-order chi connectivity index (χ1) is 6.14. The lowest BCUT2D eigenvalue weighted by Crippen LogP contribution is -2.50. The van der Waals surface area contributed by atoms with Crippen molar-refractivity contribution < 1.29 is 0 Å². The van der Waals surface area contributed by atoms with Gasteiger partial charge in [0.15, 0.2) is 0 Å². The quantitative estimate of drug-likeness (QED) is 0.713. The van der Waals surface area contributed by atoms with Gasteiger partial charge in [-0.2, -0.15) is 0 Å². The Kier molecular flexibility index (Phi) is 3.34. The van der Waals surface area contributed by atoms with E-state index in [4.69, 9.17) is 5.41 Å². The van der Waals surface area contributed by atoms with E-state index in [1.165, 1.54) is 12.8 Å². The van der Waals surface area contributed by atoms with Crippen molar-refractivity contribution in [2.24, 2.45) is 0 Å². The second-order valence-corrected chi connectivity index (χ2v) is 4.26. The predicted molar refractivity (Wildman–Crippen MR) is 57.3 cm³/mol. The summed E-state index contributed by atoms with van der Waals surface area (Å²) in [6.45, 7) is 7.83. The van der Waals surface area contributed by atoms with Crippen LogP contribution in [0.25, 0.3) is 0 Å². The molecule has 0 amide bonds. The van der Waals surface area contributed by atoms with E-state index in [-0.39, 0.29) is 5.54 Å². The summed E-state index contributed by atoms with van der Waals surface area (Å²) in [5.41, 5.74) is 0.234. The van der Waals surface area contributed by atoms with Gasteiger partial charge in [0.1, 0.15) is 0 Å². The van der Waals surface area contributed by atoms with Crippen molar-refractivity contribution in [3.8, 4) is 0 Å². The molecule has 0 saturated carbocycles. The fourth-order valence-corrected chi connectivity index (χ4v) is 2.06. The summed E-state index contributed by atoms with van der Waals surface area (Å²) < 4.78 is 0. The topological polar surface area (TPSA) is 27.1 Å². The highest BCUT2D eigenvalue weighted by Crippen LogP contribution is 2.27. The van der Waals surface area contributed by atoms with Crippen LogP contribution >= 0.6 is 0 Å². The van der Waals surface area contributed by atoms with E-state index < -0.39 is 0 Å². The smallest absolute Gasteiger partial charge is 0.0962 e. The van der Waals surface area contributed by atoms with Crippen LogP contribution in [-0.2, 0) is 0 Å². The van der Waals surface area contributed by atoms with E-state index in [1.807, 2.05) is 0 Å². The van der Waals surface area contributed by atoms with Gasteiger partial charge in [-0.1, -0.05) is 13.8 Å². The maximum absolute atomic E-state index is 7.93.